The summed E-state index contributed by atoms with van der Waals surface area (Å²) in [7, 11) is -3.54. The van der Waals surface area contributed by atoms with E-state index in [1.165, 1.54) is 22.0 Å². The molecule has 1 heterocycles. The molecule has 1 atom stereocenters. The molecule has 1 saturated heterocycles. The van der Waals surface area contributed by atoms with E-state index in [2.05, 4.69) is 29.7 Å². The van der Waals surface area contributed by atoms with E-state index in [0.717, 1.165) is 18.5 Å². The van der Waals surface area contributed by atoms with Gasteiger partial charge in [0.2, 0.25) is 15.9 Å². The first kappa shape index (κ1) is 22.3. The van der Waals surface area contributed by atoms with E-state index >= 15 is 0 Å². The third kappa shape index (κ3) is 5.59. The van der Waals surface area contributed by atoms with Gasteiger partial charge in [-0.15, -0.1) is 0 Å². The Kier molecular flexibility index (Phi) is 7.47. The molecule has 3 rings (SSSR count). The van der Waals surface area contributed by atoms with Gasteiger partial charge in [-0.05, 0) is 55.3 Å². The summed E-state index contributed by atoms with van der Waals surface area (Å²) in [5, 5.41) is 6.01. The lowest BCUT2D eigenvalue weighted by atomic mass is 10.1. The zero-order chi connectivity index (χ0) is 21.6. The van der Waals surface area contributed by atoms with Crippen molar-refractivity contribution in [1.29, 1.82) is 0 Å². The second kappa shape index (κ2) is 10.1. The number of rotatable bonds is 8. The van der Waals surface area contributed by atoms with Gasteiger partial charge in [-0.25, -0.2) is 8.42 Å². The van der Waals surface area contributed by atoms with Crippen LogP contribution in [0, 0.1) is 0 Å². The molecular formula is C22H29N3O4S. The van der Waals surface area contributed by atoms with E-state index in [0.29, 0.717) is 32.0 Å². The summed E-state index contributed by atoms with van der Waals surface area (Å²) < 4.78 is 32.0. The van der Waals surface area contributed by atoms with Crippen LogP contribution < -0.4 is 10.6 Å². The predicted octanol–water partition coefficient (Wildman–Crippen LogP) is 3.10. The summed E-state index contributed by atoms with van der Waals surface area (Å²) in [6.45, 7) is 5.43. The molecule has 0 aliphatic carbocycles. The number of anilines is 2. The molecule has 0 bridgehead atoms. The first-order chi connectivity index (χ1) is 14.4. The molecule has 8 heteroatoms. The number of carbonyl (C=O) groups excluding carboxylic acids is 1. The van der Waals surface area contributed by atoms with Gasteiger partial charge in [-0.3, -0.25) is 4.79 Å². The molecule has 0 aromatic heterocycles. The molecule has 2 N–H and O–H groups in total. The van der Waals surface area contributed by atoms with Crippen molar-refractivity contribution in [2.45, 2.75) is 37.6 Å². The third-order valence-corrected chi connectivity index (χ3v) is 6.91. The van der Waals surface area contributed by atoms with Crippen molar-refractivity contribution in [1.82, 2.24) is 4.31 Å². The molecular weight excluding hydrogens is 402 g/mol. The maximum atomic E-state index is 12.7. The average molecular weight is 432 g/mol. The van der Waals surface area contributed by atoms with Crippen LogP contribution in [0.25, 0.3) is 0 Å². The van der Waals surface area contributed by atoms with Gasteiger partial charge >= 0.3 is 0 Å². The molecule has 0 saturated carbocycles. The monoisotopic (exact) mass is 431 g/mol. The Hall–Kier alpha value is -2.42. The van der Waals surface area contributed by atoms with E-state index in [4.69, 9.17) is 4.74 Å². The Morgan fingerprint density at radius 1 is 1.03 bits per heavy atom. The van der Waals surface area contributed by atoms with Crippen molar-refractivity contribution in [2.75, 3.05) is 36.9 Å². The van der Waals surface area contributed by atoms with Crippen LogP contribution in [0.3, 0.4) is 0 Å². The van der Waals surface area contributed by atoms with Gasteiger partial charge in [0.1, 0.15) is 6.04 Å². The number of carbonyl (C=O) groups is 1. The fraction of sp³-hybridized carbons (Fsp3) is 0.409. The molecule has 1 aliphatic heterocycles. The molecule has 1 fully saturated rings. The van der Waals surface area contributed by atoms with Gasteiger partial charge in [0.25, 0.3) is 0 Å². The van der Waals surface area contributed by atoms with Gasteiger partial charge in [-0.2, -0.15) is 4.31 Å². The van der Waals surface area contributed by atoms with Gasteiger partial charge in [0.05, 0.1) is 18.1 Å². The normalized spacial score (nSPS) is 16.1. The van der Waals surface area contributed by atoms with Crippen LogP contribution in [0.5, 0.6) is 0 Å². The topological polar surface area (TPSA) is 87.7 Å². The lowest BCUT2D eigenvalue weighted by Gasteiger charge is -2.26. The second-order valence-corrected chi connectivity index (χ2v) is 9.28. The first-order valence-corrected chi connectivity index (χ1v) is 11.7. The standard InChI is InChI=1S/C22H29N3O4S/c1-3-4-18-5-7-19(8-6-18)23-17(2)22(26)24-20-9-11-21(12-10-20)30(27,28)25-13-15-29-16-14-25/h5-12,17,23H,3-4,13-16H2,1-2H3,(H,24,26)/t17-/m1/s1. The highest BCUT2D eigenvalue weighted by Gasteiger charge is 2.26. The summed E-state index contributed by atoms with van der Waals surface area (Å²) in [4.78, 5) is 12.7. The van der Waals surface area contributed by atoms with Crippen LogP contribution in [-0.2, 0) is 26.0 Å². The Morgan fingerprint density at radius 2 is 1.63 bits per heavy atom. The lowest BCUT2D eigenvalue weighted by Crippen LogP contribution is -2.40. The van der Waals surface area contributed by atoms with Gasteiger partial charge in [0, 0.05) is 24.5 Å². The SMILES string of the molecule is CCCc1ccc(N[C@H](C)C(=O)Nc2ccc(S(=O)(=O)N3CCOCC3)cc2)cc1. The van der Waals surface area contributed by atoms with Gasteiger partial charge in [0.15, 0.2) is 0 Å². The van der Waals surface area contributed by atoms with E-state index in [1.807, 2.05) is 12.1 Å². The zero-order valence-corrected chi connectivity index (χ0v) is 18.2. The molecule has 0 spiro atoms. The van der Waals surface area contributed by atoms with Gasteiger partial charge in [-0.1, -0.05) is 25.5 Å². The number of aryl methyl sites for hydroxylation is 1. The Balaban J connectivity index is 1.58. The molecule has 2 aromatic rings. The fourth-order valence-electron chi connectivity index (χ4n) is 3.27. The minimum atomic E-state index is -3.54. The summed E-state index contributed by atoms with van der Waals surface area (Å²) in [6.07, 6.45) is 2.13. The number of nitrogens with zero attached hydrogens (tertiary/aromatic N) is 1. The lowest BCUT2D eigenvalue weighted by molar-refractivity contribution is -0.116. The maximum absolute atomic E-state index is 12.7. The first-order valence-electron chi connectivity index (χ1n) is 10.2. The predicted molar refractivity (Wildman–Crippen MR) is 118 cm³/mol. The van der Waals surface area contributed by atoms with Crippen molar-refractivity contribution in [2.24, 2.45) is 0 Å². The fourth-order valence-corrected chi connectivity index (χ4v) is 4.68. The van der Waals surface area contributed by atoms with Crippen LogP contribution >= 0.6 is 0 Å². The van der Waals surface area contributed by atoms with Crippen molar-refractivity contribution in [3.05, 3.63) is 54.1 Å². The summed E-state index contributed by atoms with van der Waals surface area (Å²) in [6, 6.07) is 13.9. The number of benzene rings is 2. The number of nitrogens with one attached hydrogen (secondary N) is 2. The van der Waals surface area contributed by atoms with E-state index in [-0.39, 0.29) is 10.8 Å². The molecule has 30 heavy (non-hydrogen) atoms. The third-order valence-electron chi connectivity index (χ3n) is 5.00. The minimum absolute atomic E-state index is 0.198. The molecule has 7 nitrogen and oxygen atoms in total. The number of ether oxygens (including phenoxy) is 1. The smallest absolute Gasteiger partial charge is 0.246 e. The van der Waals surface area contributed by atoms with Crippen molar-refractivity contribution >= 4 is 27.3 Å². The molecule has 1 amide bonds. The molecule has 0 unspecified atom stereocenters. The molecule has 0 radical (unpaired) electrons. The quantitative estimate of drug-likeness (QED) is 0.671. The van der Waals surface area contributed by atoms with Crippen LogP contribution in [-0.4, -0.2) is 51.0 Å². The summed E-state index contributed by atoms with van der Waals surface area (Å²) >= 11 is 0. The summed E-state index contributed by atoms with van der Waals surface area (Å²) in [5.41, 5.74) is 2.70. The Bertz CT molecular complexity index is 937. The molecule has 1 aliphatic rings. The maximum Gasteiger partial charge on any atom is 0.246 e. The largest absolute Gasteiger partial charge is 0.379 e. The zero-order valence-electron chi connectivity index (χ0n) is 17.4. The molecule has 162 valence electrons. The van der Waals surface area contributed by atoms with E-state index in [9.17, 15) is 13.2 Å². The molecule has 2 aromatic carbocycles. The Labute approximate surface area is 178 Å². The van der Waals surface area contributed by atoms with Crippen LogP contribution in [0.2, 0.25) is 0 Å². The number of sulfonamides is 1. The van der Waals surface area contributed by atoms with Gasteiger partial charge < -0.3 is 15.4 Å². The number of amides is 1. The van der Waals surface area contributed by atoms with Crippen molar-refractivity contribution < 1.29 is 17.9 Å². The highest BCUT2D eigenvalue weighted by Crippen LogP contribution is 2.20. The summed E-state index contributed by atoms with van der Waals surface area (Å²) in [5.74, 6) is -0.198. The van der Waals surface area contributed by atoms with Crippen LogP contribution in [0.1, 0.15) is 25.8 Å². The number of morpholine rings is 1. The van der Waals surface area contributed by atoms with E-state index in [1.54, 1.807) is 19.1 Å². The Morgan fingerprint density at radius 3 is 2.23 bits per heavy atom. The van der Waals surface area contributed by atoms with Crippen LogP contribution in [0.4, 0.5) is 11.4 Å². The second-order valence-electron chi connectivity index (χ2n) is 7.34. The van der Waals surface area contributed by atoms with Crippen LogP contribution in [0.15, 0.2) is 53.4 Å². The number of hydrogen-bond donors (Lipinski definition) is 2. The highest BCUT2D eigenvalue weighted by molar-refractivity contribution is 7.89. The highest BCUT2D eigenvalue weighted by atomic mass is 32.2. The average Bonchev–Trinajstić information content (AvgIpc) is 2.76. The number of hydrogen-bond acceptors (Lipinski definition) is 5. The van der Waals surface area contributed by atoms with Crippen molar-refractivity contribution in [3.63, 3.8) is 0 Å². The minimum Gasteiger partial charge on any atom is -0.379 e. The van der Waals surface area contributed by atoms with Crippen molar-refractivity contribution in [3.8, 4) is 0 Å². The van der Waals surface area contributed by atoms with E-state index < -0.39 is 16.1 Å².